The van der Waals surface area contributed by atoms with Gasteiger partial charge in [-0.3, -0.25) is 0 Å². The molecule has 2 heteroatoms. The van der Waals surface area contributed by atoms with Crippen LogP contribution in [0.25, 0.3) is 5.69 Å². The van der Waals surface area contributed by atoms with Crippen LogP contribution in [0.15, 0.2) is 42.7 Å². The van der Waals surface area contributed by atoms with E-state index in [1.165, 1.54) is 0 Å². The maximum atomic E-state index is 5.50. The Labute approximate surface area is 95.9 Å². The summed E-state index contributed by atoms with van der Waals surface area (Å²) < 4.78 is 1.83. The molecule has 0 saturated carbocycles. The van der Waals surface area contributed by atoms with Gasteiger partial charge in [-0.15, -0.1) is 6.42 Å². The molecule has 0 saturated heterocycles. The van der Waals surface area contributed by atoms with Crippen molar-refractivity contribution in [2.24, 2.45) is 0 Å². The molecule has 1 aromatic heterocycles. The summed E-state index contributed by atoms with van der Waals surface area (Å²) in [5.74, 6) is 2.79. The lowest BCUT2D eigenvalue weighted by atomic mass is 9.86. The summed E-state index contributed by atoms with van der Waals surface area (Å²) >= 11 is 0. The number of hydrogen-bond donors (Lipinski definition) is 0. The van der Waals surface area contributed by atoms with Crippen LogP contribution in [0.3, 0.4) is 0 Å². The number of nitrogens with zero attached hydrogens (tertiary/aromatic N) is 2. The highest BCUT2D eigenvalue weighted by Gasteiger charge is 2.16. The lowest BCUT2D eigenvalue weighted by Gasteiger charge is -2.18. The number of terminal acetylenes is 1. The van der Waals surface area contributed by atoms with Gasteiger partial charge in [-0.1, -0.05) is 18.1 Å². The molecule has 2 rings (SSSR count). The predicted molar refractivity (Wildman–Crippen MR) is 65.4 cm³/mol. The average molecular weight is 210 g/mol. The first-order chi connectivity index (χ1) is 7.63. The van der Waals surface area contributed by atoms with Gasteiger partial charge in [-0.2, -0.15) is 5.10 Å². The van der Waals surface area contributed by atoms with Crippen LogP contribution in [0.1, 0.15) is 19.4 Å². The van der Waals surface area contributed by atoms with Crippen LogP contribution < -0.4 is 0 Å². The summed E-state index contributed by atoms with van der Waals surface area (Å²) in [5.41, 5.74) is 1.97. The maximum absolute atomic E-state index is 5.50. The first-order valence-corrected chi connectivity index (χ1v) is 5.22. The van der Waals surface area contributed by atoms with Crippen LogP contribution in [0.5, 0.6) is 0 Å². The topological polar surface area (TPSA) is 17.8 Å². The Balaban J connectivity index is 2.35. The standard InChI is InChI=1S/C14H14N2/c1-4-14(2,3)12-6-8-13(9-7-12)16-11-5-10-15-16/h1,5-11H,2-3H3. The van der Waals surface area contributed by atoms with Crippen molar-refractivity contribution in [1.29, 1.82) is 0 Å². The zero-order chi connectivity index (χ0) is 11.6. The lowest BCUT2D eigenvalue weighted by molar-refractivity contribution is 0.698. The molecule has 0 unspecified atom stereocenters. The second-order valence-electron chi connectivity index (χ2n) is 4.27. The zero-order valence-electron chi connectivity index (χ0n) is 9.51. The van der Waals surface area contributed by atoms with Gasteiger partial charge in [-0.05, 0) is 37.6 Å². The van der Waals surface area contributed by atoms with Crippen molar-refractivity contribution in [1.82, 2.24) is 9.78 Å². The molecule has 2 aromatic rings. The van der Waals surface area contributed by atoms with Crippen LogP contribution in [0, 0.1) is 12.3 Å². The molecule has 80 valence electrons. The van der Waals surface area contributed by atoms with Crippen molar-refractivity contribution in [2.75, 3.05) is 0 Å². The summed E-state index contributed by atoms with van der Waals surface area (Å²) in [4.78, 5) is 0. The SMILES string of the molecule is C#CC(C)(C)c1ccc(-n2cccn2)cc1. The largest absolute Gasteiger partial charge is 0.241 e. The van der Waals surface area contributed by atoms with E-state index in [-0.39, 0.29) is 5.41 Å². The van der Waals surface area contributed by atoms with Crippen molar-refractivity contribution in [3.63, 3.8) is 0 Å². The van der Waals surface area contributed by atoms with E-state index in [1.54, 1.807) is 6.20 Å². The van der Waals surface area contributed by atoms with Gasteiger partial charge in [0.2, 0.25) is 0 Å². The highest BCUT2D eigenvalue weighted by molar-refractivity contribution is 5.39. The van der Waals surface area contributed by atoms with Gasteiger partial charge in [0.1, 0.15) is 0 Å². The van der Waals surface area contributed by atoms with E-state index in [9.17, 15) is 0 Å². The molecule has 0 spiro atoms. The molecule has 0 bridgehead atoms. The summed E-state index contributed by atoms with van der Waals surface area (Å²) in [6, 6.07) is 10.1. The predicted octanol–water partition coefficient (Wildman–Crippen LogP) is 2.78. The molecule has 0 aliphatic rings. The molecule has 1 aromatic carbocycles. The Morgan fingerprint density at radius 2 is 1.94 bits per heavy atom. The lowest BCUT2D eigenvalue weighted by Crippen LogP contribution is -2.13. The summed E-state index contributed by atoms with van der Waals surface area (Å²) in [6.07, 6.45) is 9.18. The molecule has 0 aliphatic carbocycles. The van der Waals surface area contributed by atoms with Gasteiger partial charge >= 0.3 is 0 Å². The fraction of sp³-hybridized carbons (Fsp3) is 0.214. The van der Waals surface area contributed by atoms with Crippen LogP contribution in [0.4, 0.5) is 0 Å². The highest BCUT2D eigenvalue weighted by atomic mass is 15.3. The summed E-state index contributed by atoms with van der Waals surface area (Å²) in [6.45, 7) is 4.08. The molecule has 0 radical (unpaired) electrons. The second kappa shape index (κ2) is 3.86. The smallest absolute Gasteiger partial charge is 0.0645 e. The molecule has 0 amide bonds. The Hall–Kier alpha value is -2.01. The van der Waals surface area contributed by atoms with Crippen LogP contribution in [0.2, 0.25) is 0 Å². The van der Waals surface area contributed by atoms with Gasteiger partial charge in [0.25, 0.3) is 0 Å². The third-order valence-electron chi connectivity index (χ3n) is 2.72. The number of aromatic nitrogens is 2. The van der Waals surface area contributed by atoms with Crippen LogP contribution in [-0.4, -0.2) is 9.78 Å². The van der Waals surface area contributed by atoms with E-state index in [2.05, 4.69) is 23.2 Å². The Morgan fingerprint density at radius 1 is 1.25 bits per heavy atom. The molecule has 1 heterocycles. The fourth-order valence-electron chi connectivity index (χ4n) is 1.54. The van der Waals surface area contributed by atoms with Gasteiger partial charge in [0.15, 0.2) is 0 Å². The minimum absolute atomic E-state index is 0.220. The van der Waals surface area contributed by atoms with Gasteiger partial charge in [0, 0.05) is 12.4 Å². The van der Waals surface area contributed by atoms with Crippen molar-refractivity contribution in [3.8, 4) is 18.0 Å². The van der Waals surface area contributed by atoms with E-state index >= 15 is 0 Å². The van der Waals surface area contributed by atoms with E-state index in [1.807, 2.05) is 42.9 Å². The normalized spacial score (nSPS) is 11.1. The first-order valence-electron chi connectivity index (χ1n) is 5.22. The van der Waals surface area contributed by atoms with Crippen molar-refractivity contribution in [3.05, 3.63) is 48.3 Å². The van der Waals surface area contributed by atoms with Crippen molar-refractivity contribution >= 4 is 0 Å². The highest BCUT2D eigenvalue weighted by Crippen LogP contribution is 2.22. The van der Waals surface area contributed by atoms with E-state index in [4.69, 9.17) is 6.42 Å². The molecule has 0 N–H and O–H groups in total. The third-order valence-corrected chi connectivity index (χ3v) is 2.72. The van der Waals surface area contributed by atoms with Gasteiger partial charge < -0.3 is 0 Å². The molecule has 0 atom stereocenters. The first kappa shape index (κ1) is 10.5. The molecule has 0 fully saturated rings. The third kappa shape index (κ3) is 1.85. The fourth-order valence-corrected chi connectivity index (χ4v) is 1.54. The molecule has 16 heavy (non-hydrogen) atoms. The quantitative estimate of drug-likeness (QED) is 0.697. The second-order valence-corrected chi connectivity index (χ2v) is 4.27. The minimum atomic E-state index is -0.220. The number of benzene rings is 1. The molecule has 0 aliphatic heterocycles. The monoisotopic (exact) mass is 210 g/mol. The number of rotatable bonds is 2. The van der Waals surface area contributed by atoms with E-state index < -0.39 is 0 Å². The molecule has 2 nitrogen and oxygen atoms in total. The van der Waals surface area contributed by atoms with Crippen molar-refractivity contribution in [2.45, 2.75) is 19.3 Å². The van der Waals surface area contributed by atoms with E-state index in [0.717, 1.165) is 11.3 Å². The van der Waals surface area contributed by atoms with E-state index in [0.29, 0.717) is 0 Å². The Kier molecular flexibility index (Phi) is 2.54. The Morgan fingerprint density at radius 3 is 2.44 bits per heavy atom. The van der Waals surface area contributed by atoms with Crippen LogP contribution >= 0.6 is 0 Å². The molecular formula is C14H14N2. The maximum Gasteiger partial charge on any atom is 0.0645 e. The Bertz CT molecular complexity index is 499. The minimum Gasteiger partial charge on any atom is -0.241 e. The summed E-state index contributed by atoms with van der Waals surface area (Å²) in [5, 5.41) is 4.17. The van der Waals surface area contributed by atoms with Gasteiger partial charge in [0.05, 0.1) is 11.1 Å². The van der Waals surface area contributed by atoms with Crippen LogP contribution in [-0.2, 0) is 5.41 Å². The van der Waals surface area contributed by atoms with Crippen molar-refractivity contribution < 1.29 is 0 Å². The molecular weight excluding hydrogens is 196 g/mol. The average Bonchev–Trinajstić information content (AvgIpc) is 2.83. The zero-order valence-corrected chi connectivity index (χ0v) is 9.51. The summed E-state index contributed by atoms with van der Waals surface area (Å²) in [7, 11) is 0. The van der Waals surface area contributed by atoms with Gasteiger partial charge in [-0.25, -0.2) is 4.68 Å². The number of hydrogen-bond acceptors (Lipinski definition) is 1.